The van der Waals surface area contributed by atoms with E-state index in [0.717, 1.165) is 54.6 Å². The van der Waals surface area contributed by atoms with Crippen LogP contribution in [0.15, 0.2) is 89.9 Å². The van der Waals surface area contributed by atoms with Crippen molar-refractivity contribution in [1.29, 1.82) is 0 Å². The van der Waals surface area contributed by atoms with Gasteiger partial charge in [-0.3, -0.25) is 38.3 Å². The Bertz CT molecular complexity index is 4600. The van der Waals surface area contributed by atoms with Gasteiger partial charge < -0.3 is 148 Å². The summed E-state index contributed by atoms with van der Waals surface area (Å²) >= 11 is 7.19. The van der Waals surface area contributed by atoms with Crippen molar-refractivity contribution in [3.05, 3.63) is 118 Å². The number of carboxylic acid groups (broad SMARTS) is 1. The highest BCUT2D eigenvalue weighted by molar-refractivity contribution is 6.32. The van der Waals surface area contributed by atoms with Crippen molar-refractivity contribution in [2.75, 3.05) is 26.4 Å². The highest BCUT2D eigenvalue weighted by Gasteiger charge is 2.55. The molecule has 5 aromatic rings. The van der Waals surface area contributed by atoms with E-state index in [4.69, 9.17) is 71.4 Å². The molecule has 0 saturated carbocycles. The molecule has 0 radical (unpaired) electrons. The molecule has 24 N–H and O–H groups in total. The monoisotopic (exact) mass is 1630 g/mol. The molecule has 115 heavy (non-hydrogen) atoms. The van der Waals surface area contributed by atoms with Crippen LogP contribution in [0.4, 0.5) is 0 Å². The number of aliphatic carboxylic acids is 1. The van der Waals surface area contributed by atoms with E-state index in [2.05, 4.69) is 42.2 Å². The van der Waals surface area contributed by atoms with E-state index in [1.165, 1.54) is 58.0 Å². The summed E-state index contributed by atoms with van der Waals surface area (Å²) in [5.74, 6) is -19.7. The number of carbonyl (C=O) groups excluding carboxylic acids is 7. The lowest BCUT2D eigenvalue weighted by Crippen LogP contribution is -2.64. The van der Waals surface area contributed by atoms with Crippen LogP contribution < -0.4 is 68.6 Å². The number of fused-ring (bicyclic) bond motifs is 15. The number of phenolic OH excluding ortho intramolecular Hbond substituents is 3. The van der Waals surface area contributed by atoms with Gasteiger partial charge in [-0.05, 0) is 117 Å². The molecule has 0 spiro atoms. The molecule has 9 aliphatic rings. The van der Waals surface area contributed by atoms with Crippen molar-refractivity contribution < 1.29 is 137 Å². The summed E-state index contributed by atoms with van der Waals surface area (Å²) in [6, 6.07) is 0.334. The molecule has 3 unspecified atom stereocenters. The number of aliphatic hydroxyl groups excluding tert-OH is 7. The number of amides is 7. The average molecular weight is 1630 g/mol. The van der Waals surface area contributed by atoms with E-state index in [1.807, 2.05) is 0 Å². The van der Waals surface area contributed by atoms with Crippen LogP contribution in [0, 0.1) is 5.92 Å². The van der Waals surface area contributed by atoms with Gasteiger partial charge in [-0.2, -0.15) is 0 Å². The highest BCUT2D eigenvalue weighted by Crippen LogP contribution is 2.51. The number of aliphatic imine (C=N–C) groups is 1. The molecule has 39 nitrogen and oxygen atoms in total. The number of ether oxygens (including phenoxy) is 9. The van der Waals surface area contributed by atoms with Crippen molar-refractivity contribution >= 4 is 64.9 Å². The van der Waals surface area contributed by atoms with Crippen LogP contribution >= 0.6 is 11.6 Å². The van der Waals surface area contributed by atoms with E-state index in [1.54, 1.807) is 6.92 Å². The van der Waals surface area contributed by atoms with Gasteiger partial charge in [0.25, 0.3) is 6.02 Å². The van der Waals surface area contributed by atoms with Crippen LogP contribution in [-0.4, -0.2) is 232 Å². The Morgan fingerprint density at radius 1 is 0.713 bits per heavy atom. The average Bonchev–Trinajstić information content (AvgIpc) is 0.911. The van der Waals surface area contributed by atoms with Crippen LogP contribution in [0.25, 0.3) is 11.1 Å². The van der Waals surface area contributed by atoms with Crippen molar-refractivity contribution in [2.45, 2.75) is 194 Å². The largest absolute Gasteiger partial charge is 0.508 e. The maximum atomic E-state index is 16.5. The number of nitrogens with one attached hydrogen (secondary N) is 7. The fourth-order valence-corrected chi connectivity index (χ4v) is 14.9. The van der Waals surface area contributed by atoms with E-state index >= 15 is 24.0 Å². The van der Waals surface area contributed by atoms with Crippen LogP contribution in [-0.2, 0) is 66.8 Å². The molecule has 22 atom stereocenters. The lowest BCUT2D eigenvalue weighted by Gasteiger charge is -2.48. The first-order valence-electron chi connectivity index (χ1n) is 36.6. The minimum atomic E-state index is -2.84. The van der Waals surface area contributed by atoms with Gasteiger partial charge in [0, 0.05) is 53.3 Å². The third-order valence-corrected chi connectivity index (χ3v) is 21.1. The fraction of sp³-hybridized carbons (Fsp3) is 0.480. The first kappa shape index (κ1) is 84.1. The molecule has 11 bridgehead atoms. The van der Waals surface area contributed by atoms with Gasteiger partial charge in [0.15, 0.2) is 30.1 Å². The van der Waals surface area contributed by atoms with Gasteiger partial charge in [-0.25, -0.2) is 9.79 Å². The van der Waals surface area contributed by atoms with E-state index in [-0.39, 0.29) is 60.9 Å². The quantitative estimate of drug-likeness (QED) is 0.0514. The van der Waals surface area contributed by atoms with Crippen molar-refractivity contribution in [2.24, 2.45) is 28.1 Å². The Kier molecular flexibility index (Phi) is 24.7. The number of rotatable bonds is 16. The predicted octanol–water partition coefficient (Wildman–Crippen LogP) is -1.23. The minimum Gasteiger partial charge on any atom is -0.508 e. The summed E-state index contributed by atoms with van der Waals surface area (Å²) in [5, 5.41) is 142. The first-order valence-corrected chi connectivity index (χ1v) is 37.0. The van der Waals surface area contributed by atoms with Gasteiger partial charge in [-0.15, -0.1) is 0 Å². The summed E-state index contributed by atoms with van der Waals surface area (Å²) in [7, 11) is 0. The molecule has 9 aliphatic heterocycles. The third kappa shape index (κ3) is 18.2. The molecule has 9 heterocycles. The Hall–Kier alpha value is -10.3. The molecule has 14 rings (SSSR count). The molecule has 5 aromatic carbocycles. The predicted molar refractivity (Wildman–Crippen MR) is 394 cm³/mol. The SMILES string of the molecule is CC(CO)C[C@@H](NC1=NCCO1)C(=O)N[C@H]1C(=O)N[C@@H](CC(N)=O)C(=O)N[C@H]2C(=O)N[C@H]3C(=O)N[C@H](C(=O)N[C@H](C(=O)O)c4cc(O)cc(O)c4-c4cc3ccc4O)[C@H](O[C@@H]3CC(C)(N)[C@H](O)[C@@H](C)O3)c3ccc(cc3)Oc3cc2cc(c3O[C@@]2(O[C@@H]3CC(C)(N)[C@H](O)[C@@H](C)O3)C[C@@H](O)[C@H](O)[C@@H](CO)O2)Oc2ccc(cc2Cl)[C@H]1O. The second kappa shape index (κ2) is 33.8. The summed E-state index contributed by atoms with van der Waals surface area (Å²) in [6.45, 7) is 6.36. The standard InChI is InChI=1S/C75H90ClN11O28/c1-29(27-88)16-41(82-72-80-14-15-107-72)65(99)86-57-59(95)34-9-13-46(40(76)18-34)111-48-20-35-19-47(62(48)115-75(24-45(93)60(96)49(28-89)113-75)114-52-26-74(5,79)64(98)31(3)109-52)110-37-10-6-32(7-11-37)61(112-51-25-73(4,78)63(97)30(2)108-51)58-70(104)85-56(71(105)106)39-21-36(90)22-44(92)53(39)38-17-33(8-12-43(38)91)54(67(101)87-58)84-68(102)55(35)83-66(100)42(23-50(77)94)81-69(57)103/h6-13,17-22,29-31,41-42,45,49,51-52,54-61,63-64,88-93,95-98H,14-16,23-28,78-79H2,1-5H3,(H2,77,94)(H,80,82)(H,81,103)(H,83,100)(H,84,102)(H,85,104)(H,86,99)(H,87,101)(H,105,106)/t29?,30-,31-,41-,42+,45-,49-,51-,52-,54-,55-,56+,57-,58+,59-,60+,61-,63-,64-,73?,74?,75+/m1/s1. The fourth-order valence-electron chi connectivity index (χ4n) is 14.7. The van der Waals surface area contributed by atoms with Crippen LogP contribution in [0.3, 0.4) is 0 Å². The lowest BCUT2D eigenvalue weighted by molar-refractivity contribution is -0.442. The van der Waals surface area contributed by atoms with Gasteiger partial charge in [0.05, 0.1) is 61.5 Å². The van der Waals surface area contributed by atoms with Crippen molar-refractivity contribution in [1.82, 2.24) is 37.2 Å². The molecule has 7 amide bonds. The van der Waals surface area contributed by atoms with Gasteiger partial charge in [0.1, 0.15) is 96.0 Å². The Labute approximate surface area is 659 Å². The summed E-state index contributed by atoms with van der Waals surface area (Å²) in [4.78, 5) is 125. The van der Waals surface area contributed by atoms with Crippen LogP contribution in [0.5, 0.6) is 46.0 Å². The van der Waals surface area contributed by atoms with Crippen LogP contribution in [0.1, 0.15) is 125 Å². The van der Waals surface area contributed by atoms with Crippen molar-refractivity contribution in [3.8, 4) is 57.1 Å². The molecule has 40 heteroatoms. The first-order chi connectivity index (χ1) is 54.3. The number of halogens is 1. The number of carboxylic acids is 1. The van der Waals surface area contributed by atoms with Crippen molar-refractivity contribution in [3.63, 3.8) is 0 Å². The zero-order valence-corrected chi connectivity index (χ0v) is 63.1. The molecule has 3 fully saturated rings. The number of hydrogen-bond donors (Lipinski definition) is 21. The number of carbonyl (C=O) groups is 8. The Morgan fingerprint density at radius 2 is 1.35 bits per heavy atom. The van der Waals surface area contributed by atoms with Crippen LogP contribution in [0.2, 0.25) is 5.02 Å². The highest BCUT2D eigenvalue weighted by atomic mass is 35.5. The maximum Gasteiger partial charge on any atom is 0.332 e. The number of amidine groups is 1. The zero-order valence-electron chi connectivity index (χ0n) is 62.3. The van der Waals surface area contributed by atoms with Gasteiger partial charge in [0.2, 0.25) is 47.1 Å². The number of nitrogens with zero attached hydrogens (tertiary/aromatic N) is 1. The molecular formula is C75H90ClN11O28. The molecule has 0 aliphatic carbocycles. The summed E-state index contributed by atoms with van der Waals surface area (Å²) < 4.78 is 57.9. The van der Waals surface area contributed by atoms with Gasteiger partial charge in [-0.1, -0.05) is 42.8 Å². The number of aliphatic hydroxyl groups is 7. The number of aromatic hydroxyl groups is 3. The number of hydrogen-bond acceptors (Lipinski definition) is 31. The molecule has 0 aromatic heterocycles. The van der Waals surface area contributed by atoms with E-state index in [9.17, 15) is 70.6 Å². The summed E-state index contributed by atoms with van der Waals surface area (Å²) in [5.41, 5.74) is 13.4. The number of primary amides is 1. The van der Waals surface area contributed by atoms with Gasteiger partial charge >= 0.3 is 11.9 Å². The lowest BCUT2D eigenvalue weighted by atomic mass is 9.86. The summed E-state index contributed by atoms with van der Waals surface area (Å²) in [6.07, 6.45) is -20.4. The topological polar surface area (TPSA) is 617 Å². The number of phenols is 3. The normalized spacial score (nSPS) is 32.1. The Morgan fingerprint density at radius 3 is 1.98 bits per heavy atom. The molecule has 3 saturated heterocycles. The minimum absolute atomic E-state index is 0.0640. The number of benzene rings is 5. The second-order valence-corrected chi connectivity index (χ2v) is 30.4. The third-order valence-electron chi connectivity index (χ3n) is 20.8. The number of nitrogens with two attached hydrogens (primary N) is 3. The molecule has 620 valence electrons. The molecular weight excluding hydrogens is 1540 g/mol. The van der Waals surface area contributed by atoms with E-state index < -0.39 is 274 Å². The van der Waals surface area contributed by atoms with E-state index in [0.29, 0.717) is 0 Å². The smallest absolute Gasteiger partial charge is 0.332 e. The Balaban J connectivity index is 1.11. The second-order valence-electron chi connectivity index (χ2n) is 30.0. The maximum absolute atomic E-state index is 16.5. The zero-order chi connectivity index (χ0) is 83.2.